The lowest BCUT2D eigenvalue weighted by atomic mass is 10.0. The minimum atomic E-state index is -1.48. The molecule has 0 aromatic carbocycles. The number of rotatable bonds is 5. The molecule has 1 aliphatic rings. The largest absolute Gasteiger partial charge is 0.417 e. The van der Waals surface area contributed by atoms with E-state index >= 15 is 0 Å². The van der Waals surface area contributed by atoms with Gasteiger partial charge in [-0.1, -0.05) is 46.5 Å². The Bertz CT molecular complexity index is 199. The first-order valence-corrected chi connectivity index (χ1v) is 9.88. The molecule has 1 nitrogen and oxygen atoms in total. The van der Waals surface area contributed by atoms with Crippen LogP contribution in [0.5, 0.6) is 0 Å². The van der Waals surface area contributed by atoms with Crippen LogP contribution in [-0.4, -0.2) is 14.9 Å². The van der Waals surface area contributed by atoms with Gasteiger partial charge in [-0.2, -0.15) is 0 Å². The highest BCUT2D eigenvalue weighted by Crippen LogP contribution is 2.36. The van der Waals surface area contributed by atoms with E-state index in [1.165, 1.54) is 38.5 Å². The fourth-order valence-corrected chi connectivity index (χ4v) is 3.30. The van der Waals surface area contributed by atoms with Crippen LogP contribution in [0.25, 0.3) is 0 Å². The van der Waals surface area contributed by atoms with Gasteiger partial charge in [0.25, 0.3) is 0 Å². The molecule has 96 valence electrons. The van der Waals surface area contributed by atoms with E-state index < -0.39 is 8.32 Å². The summed E-state index contributed by atoms with van der Waals surface area (Å²) in [6.45, 7) is 12.6. The summed E-state index contributed by atoms with van der Waals surface area (Å²) in [7, 11) is -1.48. The lowest BCUT2D eigenvalue weighted by Gasteiger charge is -2.36. The Balaban J connectivity index is 2.14. The lowest BCUT2D eigenvalue weighted by Crippen LogP contribution is -2.41. The van der Waals surface area contributed by atoms with Crippen LogP contribution in [0.1, 0.15) is 59.3 Å². The standard InChI is InChI=1S/C14H30OSi/c1-14(2,3)16(4,5)15-12-8-11-13-9-6-7-10-13/h13H,6-12H2,1-5H3. The number of hydrogen-bond acceptors (Lipinski definition) is 1. The average Bonchev–Trinajstić information content (AvgIpc) is 2.63. The van der Waals surface area contributed by atoms with Crippen molar-refractivity contribution >= 4 is 8.32 Å². The van der Waals surface area contributed by atoms with Crippen LogP contribution in [0, 0.1) is 5.92 Å². The van der Waals surface area contributed by atoms with Crippen molar-refractivity contribution in [1.29, 1.82) is 0 Å². The minimum Gasteiger partial charge on any atom is -0.417 e. The van der Waals surface area contributed by atoms with Crippen LogP contribution in [0.2, 0.25) is 18.1 Å². The molecule has 0 bridgehead atoms. The quantitative estimate of drug-likeness (QED) is 0.488. The summed E-state index contributed by atoms with van der Waals surface area (Å²) >= 11 is 0. The van der Waals surface area contributed by atoms with Gasteiger partial charge in [-0.3, -0.25) is 0 Å². The normalized spacial score (nSPS) is 19.3. The van der Waals surface area contributed by atoms with Gasteiger partial charge in [-0.25, -0.2) is 0 Å². The smallest absolute Gasteiger partial charge is 0.191 e. The fourth-order valence-electron chi connectivity index (χ4n) is 2.21. The summed E-state index contributed by atoms with van der Waals surface area (Å²) < 4.78 is 6.19. The molecule has 0 aromatic rings. The molecule has 1 aliphatic carbocycles. The molecule has 0 saturated heterocycles. The zero-order valence-electron chi connectivity index (χ0n) is 11.9. The highest BCUT2D eigenvalue weighted by molar-refractivity contribution is 6.74. The van der Waals surface area contributed by atoms with Crippen LogP contribution in [-0.2, 0) is 4.43 Å². The van der Waals surface area contributed by atoms with Crippen molar-refractivity contribution in [2.45, 2.75) is 77.4 Å². The van der Waals surface area contributed by atoms with Crippen LogP contribution < -0.4 is 0 Å². The third-order valence-electron chi connectivity index (χ3n) is 4.50. The van der Waals surface area contributed by atoms with E-state index in [2.05, 4.69) is 33.9 Å². The third-order valence-corrected chi connectivity index (χ3v) is 9.04. The van der Waals surface area contributed by atoms with Crippen molar-refractivity contribution < 1.29 is 4.43 Å². The van der Waals surface area contributed by atoms with Crippen LogP contribution in [0.15, 0.2) is 0 Å². The Kier molecular flexibility index (Phi) is 5.05. The third kappa shape index (κ3) is 4.21. The Morgan fingerprint density at radius 3 is 2.19 bits per heavy atom. The molecule has 1 fully saturated rings. The molecular weight excluding hydrogens is 212 g/mol. The topological polar surface area (TPSA) is 9.23 Å². The van der Waals surface area contributed by atoms with E-state index in [0.717, 1.165) is 12.5 Å². The van der Waals surface area contributed by atoms with Gasteiger partial charge >= 0.3 is 0 Å². The summed E-state index contributed by atoms with van der Waals surface area (Å²) in [6.07, 6.45) is 8.55. The molecule has 0 unspecified atom stereocenters. The zero-order chi connectivity index (χ0) is 12.2. The van der Waals surface area contributed by atoms with E-state index in [-0.39, 0.29) is 0 Å². The highest BCUT2D eigenvalue weighted by atomic mass is 28.4. The molecule has 1 saturated carbocycles. The summed E-state index contributed by atoms with van der Waals surface area (Å²) in [4.78, 5) is 0. The first-order valence-electron chi connectivity index (χ1n) is 6.97. The van der Waals surface area contributed by atoms with Gasteiger partial charge in [0.05, 0.1) is 0 Å². The predicted octanol–water partition coefficient (Wildman–Crippen LogP) is 4.98. The molecule has 0 aliphatic heterocycles. The Labute approximate surface area is 103 Å². The van der Waals surface area contributed by atoms with E-state index in [4.69, 9.17) is 4.43 Å². The SMILES string of the molecule is CC(C)(C)[Si](C)(C)OCCCC1CCCC1. The van der Waals surface area contributed by atoms with E-state index in [1.54, 1.807) is 0 Å². The van der Waals surface area contributed by atoms with E-state index in [9.17, 15) is 0 Å². The van der Waals surface area contributed by atoms with Crippen molar-refractivity contribution in [3.8, 4) is 0 Å². The summed E-state index contributed by atoms with van der Waals surface area (Å²) in [5.74, 6) is 1.02. The molecule has 16 heavy (non-hydrogen) atoms. The van der Waals surface area contributed by atoms with Crippen molar-refractivity contribution in [3.63, 3.8) is 0 Å². The fraction of sp³-hybridized carbons (Fsp3) is 1.00. The zero-order valence-corrected chi connectivity index (χ0v) is 12.9. The van der Waals surface area contributed by atoms with Crippen molar-refractivity contribution in [2.75, 3.05) is 6.61 Å². The molecule has 0 N–H and O–H groups in total. The second-order valence-electron chi connectivity index (χ2n) is 6.90. The lowest BCUT2D eigenvalue weighted by molar-refractivity contribution is 0.268. The maximum atomic E-state index is 6.19. The summed E-state index contributed by atoms with van der Waals surface area (Å²) in [6, 6.07) is 0. The van der Waals surface area contributed by atoms with E-state index in [0.29, 0.717) is 5.04 Å². The van der Waals surface area contributed by atoms with Gasteiger partial charge in [-0.05, 0) is 36.9 Å². The molecule has 0 atom stereocenters. The Morgan fingerprint density at radius 2 is 1.69 bits per heavy atom. The second-order valence-corrected chi connectivity index (χ2v) is 11.7. The van der Waals surface area contributed by atoms with Gasteiger partial charge in [0.15, 0.2) is 8.32 Å². The highest BCUT2D eigenvalue weighted by Gasteiger charge is 2.36. The van der Waals surface area contributed by atoms with Gasteiger partial charge in [0.1, 0.15) is 0 Å². The first kappa shape index (κ1) is 14.2. The van der Waals surface area contributed by atoms with Crippen LogP contribution in [0.3, 0.4) is 0 Å². The van der Waals surface area contributed by atoms with E-state index in [1.807, 2.05) is 0 Å². The maximum Gasteiger partial charge on any atom is 0.191 e. The molecular formula is C14H30OSi. The predicted molar refractivity (Wildman–Crippen MR) is 74.3 cm³/mol. The Morgan fingerprint density at radius 1 is 1.12 bits per heavy atom. The molecule has 0 spiro atoms. The van der Waals surface area contributed by atoms with Gasteiger partial charge in [0.2, 0.25) is 0 Å². The molecule has 2 heteroatoms. The average molecular weight is 242 g/mol. The van der Waals surface area contributed by atoms with Gasteiger partial charge in [-0.15, -0.1) is 0 Å². The molecule has 0 heterocycles. The molecule has 1 rings (SSSR count). The number of hydrogen-bond donors (Lipinski definition) is 0. The molecule has 0 aromatic heterocycles. The van der Waals surface area contributed by atoms with Gasteiger partial charge in [0, 0.05) is 6.61 Å². The second kappa shape index (κ2) is 5.68. The monoisotopic (exact) mass is 242 g/mol. The summed E-state index contributed by atoms with van der Waals surface area (Å²) in [5.41, 5.74) is 0. The minimum absolute atomic E-state index is 0.361. The Hall–Kier alpha value is 0.177. The first-order chi connectivity index (χ1) is 7.33. The van der Waals surface area contributed by atoms with Crippen molar-refractivity contribution in [1.82, 2.24) is 0 Å². The van der Waals surface area contributed by atoms with Crippen LogP contribution in [0.4, 0.5) is 0 Å². The maximum absolute atomic E-state index is 6.19. The van der Waals surface area contributed by atoms with Crippen LogP contribution >= 0.6 is 0 Å². The molecule has 0 radical (unpaired) electrons. The van der Waals surface area contributed by atoms with Crippen molar-refractivity contribution in [3.05, 3.63) is 0 Å². The van der Waals surface area contributed by atoms with Gasteiger partial charge < -0.3 is 4.43 Å². The van der Waals surface area contributed by atoms with Crippen molar-refractivity contribution in [2.24, 2.45) is 5.92 Å². The molecule has 0 amide bonds. The summed E-state index contributed by atoms with van der Waals surface area (Å²) in [5, 5.41) is 0.361.